The zero-order chi connectivity index (χ0) is 19.6. The maximum atomic E-state index is 13.0. The van der Waals surface area contributed by atoms with Crippen LogP contribution >= 0.6 is 0 Å². The van der Waals surface area contributed by atoms with E-state index in [1.807, 2.05) is 0 Å². The van der Waals surface area contributed by atoms with Crippen LogP contribution in [0.4, 0.5) is 5.69 Å². The normalized spacial score (nSPS) is 20.6. The maximum absolute atomic E-state index is 13.0. The highest BCUT2D eigenvalue weighted by Crippen LogP contribution is 2.24. The van der Waals surface area contributed by atoms with Gasteiger partial charge < -0.3 is 16.0 Å². The molecule has 0 aromatic heterocycles. The SMILES string of the molecule is CC(=O)Nc1ccc(S(=O)(=O)N2CCNC(=O)[C@@H]2CC(=O)NC2CC2)cc1. The van der Waals surface area contributed by atoms with Crippen LogP contribution in [-0.4, -0.2) is 55.6 Å². The first-order valence-corrected chi connectivity index (χ1v) is 10.2. The third-order valence-electron chi connectivity index (χ3n) is 4.38. The summed E-state index contributed by atoms with van der Waals surface area (Å²) in [7, 11) is -3.97. The molecule has 0 radical (unpaired) electrons. The van der Waals surface area contributed by atoms with E-state index in [1.54, 1.807) is 0 Å². The van der Waals surface area contributed by atoms with Crippen molar-refractivity contribution < 1.29 is 22.8 Å². The number of hydrogen-bond acceptors (Lipinski definition) is 5. The smallest absolute Gasteiger partial charge is 0.243 e. The Balaban J connectivity index is 1.79. The third-order valence-corrected chi connectivity index (χ3v) is 6.31. The van der Waals surface area contributed by atoms with Gasteiger partial charge in [0.25, 0.3) is 0 Å². The first kappa shape index (κ1) is 19.3. The van der Waals surface area contributed by atoms with Crippen LogP contribution in [0.3, 0.4) is 0 Å². The lowest BCUT2D eigenvalue weighted by molar-refractivity contribution is -0.131. The molecule has 10 heteroatoms. The first-order chi connectivity index (χ1) is 12.8. The molecule has 27 heavy (non-hydrogen) atoms. The molecule has 1 aliphatic heterocycles. The number of hydrogen-bond donors (Lipinski definition) is 3. The molecule has 9 nitrogen and oxygen atoms in total. The zero-order valence-electron chi connectivity index (χ0n) is 14.9. The summed E-state index contributed by atoms with van der Waals surface area (Å²) in [5.41, 5.74) is 0.471. The van der Waals surface area contributed by atoms with Crippen molar-refractivity contribution in [1.82, 2.24) is 14.9 Å². The molecular formula is C17H22N4O5S. The molecule has 1 aromatic carbocycles. The van der Waals surface area contributed by atoms with Crippen molar-refractivity contribution in [3.8, 4) is 0 Å². The van der Waals surface area contributed by atoms with Crippen LogP contribution in [0.1, 0.15) is 26.2 Å². The summed E-state index contributed by atoms with van der Waals surface area (Å²) >= 11 is 0. The molecule has 0 spiro atoms. The summed E-state index contributed by atoms with van der Waals surface area (Å²) in [6.45, 7) is 1.62. The van der Waals surface area contributed by atoms with Gasteiger partial charge in [-0.1, -0.05) is 0 Å². The minimum Gasteiger partial charge on any atom is -0.353 e. The first-order valence-electron chi connectivity index (χ1n) is 8.74. The molecule has 1 saturated carbocycles. The van der Waals surface area contributed by atoms with Crippen molar-refractivity contribution in [1.29, 1.82) is 0 Å². The van der Waals surface area contributed by atoms with E-state index in [9.17, 15) is 22.8 Å². The van der Waals surface area contributed by atoms with Gasteiger partial charge in [0.1, 0.15) is 6.04 Å². The number of carbonyl (C=O) groups excluding carboxylic acids is 3. The maximum Gasteiger partial charge on any atom is 0.243 e. The largest absolute Gasteiger partial charge is 0.353 e. The van der Waals surface area contributed by atoms with Crippen LogP contribution in [0.2, 0.25) is 0 Å². The van der Waals surface area contributed by atoms with E-state index in [0.717, 1.165) is 17.1 Å². The monoisotopic (exact) mass is 394 g/mol. The van der Waals surface area contributed by atoms with Crippen molar-refractivity contribution >= 4 is 33.4 Å². The molecule has 1 atom stereocenters. The lowest BCUT2D eigenvalue weighted by atomic mass is 10.1. The summed E-state index contributed by atoms with van der Waals surface area (Å²) < 4.78 is 27.1. The molecule has 1 heterocycles. The average molecular weight is 394 g/mol. The van der Waals surface area contributed by atoms with E-state index < -0.39 is 22.0 Å². The summed E-state index contributed by atoms with van der Waals surface area (Å²) in [5.74, 6) is -1.08. The summed E-state index contributed by atoms with van der Waals surface area (Å²) in [6.07, 6.45) is 1.60. The van der Waals surface area contributed by atoms with Gasteiger partial charge in [-0.15, -0.1) is 0 Å². The van der Waals surface area contributed by atoms with E-state index in [-0.39, 0.29) is 42.3 Å². The van der Waals surface area contributed by atoms with Gasteiger partial charge in [0.2, 0.25) is 27.7 Å². The van der Waals surface area contributed by atoms with Gasteiger partial charge in [0.15, 0.2) is 0 Å². The minimum atomic E-state index is -3.97. The van der Waals surface area contributed by atoms with Crippen LogP contribution in [0.15, 0.2) is 29.2 Å². The van der Waals surface area contributed by atoms with Gasteiger partial charge in [-0.25, -0.2) is 8.42 Å². The van der Waals surface area contributed by atoms with E-state index in [4.69, 9.17) is 0 Å². The lowest BCUT2D eigenvalue weighted by Gasteiger charge is -2.33. The van der Waals surface area contributed by atoms with Crippen LogP contribution < -0.4 is 16.0 Å². The lowest BCUT2D eigenvalue weighted by Crippen LogP contribution is -2.58. The molecule has 146 valence electrons. The van der Waals surface area contributed by atoms with Crippen molar-refractivity contribution in [2.75, 3.05) is 18.4 Å². The number of nitrogens with zero attached hydrogens (tertiary/aromatic N) is 1. The quantitative estimate of drug-likeness (QED) is 0.616. The van der Waals surface area contributed by atoms with Crippen molar-refractivity contribution in [2.45, 2.75) is 43.2 Å². The third kappa shape index (κ3) is 4.64. The van der Waals surface area contributed by atoms with Crippen LogP contribution in [0.25, 0.3) is 0 Å². The fourth-order valence-corrected chi connectivity index (χ4v) is 4.50. The molecule has 1 aromatic rings. The number of amides is 3. The standard InChI is InChI=1S/C17H22N4O5S/c1-11(22)19-12-4-6-14(7-5-12)27(25,26)21-9-8-18-17(24)15(21)10-16(23)20-13-2-3-13/h4-7,13,15H,2-3,8-10H2,1H3,(H,18,24)(H,19,22)(H,20,23)/t15-/m0/s1. The van der Waals surface area contributed by atoms with Gasteiger partial charge in [0.05, 0.1) is 11.3 Å². The van der Waals surface area contributed by atoms with Crippen molar-refractivity contribution in [2.24, 2.45) is 0 Å². The van der Waals surface area contributed by atoms with Gasteiger partial charge in [-0.2, -0.15) is 4.31 Å². The number of sulfonamides is 1. The topological polar surface area (TPSA) is 125 Å². The van der Waals surface area contributed by atoms with Gasteiger partial charge in [-0.05, 0) is 37.1 Å². The zero-order valence-corrected chi connectivity index (χ0v) is 15.7. The molecule has 3 amide bonds. The fourth-order valence-electron chi connectivity index (χ4n) is 2.91. The van der Waals surface area contributed by atoms with Gasteiger partial charge >= 0.3 is 0 Å². The van der Waals surface area contributed by atoms with Gasteiger partial charge in [-0.3, -0.25) is 14.4 Å². The molecule has 1 saturated heterocycles. The number of nitrogens with one attached hydrogen (secondary N) is 3. The van der Waals surface area contributed by atoms with Crippen LogP contribution in [-0.2, 0) is 24.4 Å². The molecule has 3 rings (SSSR count). The van der Waals surface area contributed by atoms with E-state index in [2.05, 4.69) is 16.0 Å². The molecule has 2 aliphatic rings. The Labute approximate surface area is 157 Å². The molecule has 2 fully saturated rings. The highest BCUT2D eigenvalue weighted by molar-refractivity contribution is 7.89. The Morgan fingerprint density at radius 3 is 2.48 bits per heavy atom. The van der Waals surface area contributed by atoms with Crippen LogP contribution in [0.5, 0.6) is 0 Å². The Morgan fingerprint density at radius 1 is 1.22 bits per heavy atom. The van der Waals surface area contributed by atoms with Gasteiger partial charge in [0, 0.05) is 31.7 Å². The van der Waals surface area contributed by atoms with Crippen LogP contribution in [0, 0.1) is 0 Å². The number of carbonyl (C=O) groups is 3. The van der Waals surface area contributed by atoms with Crippen molar-refractivity contribution in [3.05, 3.63) is 24.3 Å². The molecule has 0 bridgehead atoms. The molecule has 1 aliphatic carbocycles. The predicted octanol–water partition coefficient (Wildman–Crippen LogP) is -0.197. The number of piperazine rings is 1. The predicted molar refractivity (Wildman–Crippen MR) is 97.2 cm³/mol. The highest BCUT2D eigenvalue weighted by Gasteiger charge is 2.40. The Morgan fingerprint density at radius 2 is 1.89 bits per heavy atom. The summed E-state index contributed by atoms with van der Waals surface area (Å²) in [5, 5.41) is 7.96. The Kier molecular flexibility index (Phi) is 5.47. The number of anilines is 1. The van der Waals surface area contributed by atoms with E-state index in [0.29, 0.717) is 5.69 Å². The van der Waals surface area contributed by atoms with E-state index >= 15 is 0 Å². The summed E-state index contributed by atoms with van der Waals surface area (Å²) in [6, 6.07) is 4.75. The Hall–Kier alpha value is -2.46. The molecular weight excluding hydrogens is 372 g/mol. The molecule has 3 N–H and O–H groups in total. The second-order valence-electron chi connectivity index (χ2n) is 6.67. The molecule has 0 unspecified atom stereocenters. The minimum absolute atomic E-state index is 0.00102. The van der Waals surface area contributed by atoms with Crippen molar-refractivity contribution in [3.63, 3.8) is 0 Å². The number of rotatable bonds is 6. The fraction of sp³-hybridized carbons (Fsp3) is 0.471. The second-order valence-corrected chi connectivity index (χ2v) is 8.56. The second kappa shape index (κ2) is 7.65. The number of benzene rings is 1. The van der Waals surface area contributed by atoms with E-state index in [1.165, 1.54) is 31.2 Å². The highest BCUT2D eigenvalue weighted by atomic mass is 32.2. The summed E-state index contributed by atoms with van der Waals surface area (Å²) in [4.78, 5) is 35.4. The average Bonchev–Trinajstić information content (AvgIpc) is 3.40. The Bertz CT molecular complexity index is 849.